The molecule has 1 N–H and O–H groups in total. The lowest BCUT2D eigenvalue weighted by atomic mass is 10.0. The van der Waals surface area contributed by atoms with Gasteiger partial charge in [-0.3, -0.25) is 14.4 Å². The smallest absolute Gasteiger partial charge is 0.279 e. The molecule has 0 radical (unpaired) electrons. The third-order valence-corrected chi connectivity index (χ3v) is 5.89. The van der Waals surface area contributed by atoms with Crippen LogP contribution in [0.4, 0.5) is 5.69 Å². The number of thiazole rings is 1. The predicted molar refractivity (Wildman–Crippen MR) is 136 cm³/mol. The number of methoxy groups -OCH3 is 1. The molecule has 0 aliphatic rings. The second-order valence-corrected chi connectivity index (χ2v) is 9.21. The van der Waals surface area contributed by atoms with Crippen LogP contribution in [0.15, 0.2) is 48.5 Å². The van der Waals surface area contributed by atoms with Crippen molar-refractivity contribution in [2.24, 2.45) is 0 Å². The molecule has 1 amide bonds. The summed E-state index contributed by atoms with van der Waals surface area (Å²) in [6, 6.07) is 13.7. The van der Waals surface area contributed by atoms with Gasteiger partial charge in [0.15, 0.2) is 11.6 Å². The van der Waals surface area contributed by atoms with Crippen molar-refractivity contribution in [2.75, 3.05) is 33.1 Å². The molecule has 0 spiro atoms. The third kappa shape index (κ3) is 7.46. The lowest BCUT2D eigenvalue weighted by molar-refractivity contribution is -0.116. The van der Waals surface area contributed by atoms with Gasteiger partial charge in [-0.25, -0.2) is 0 Å². The maximum absolute atomic E-state index is 13.0. The van der Waals surface area contributed by atoms with Gasteiger partial charge in [0, 0.05) is 29.0 Å². The molecule has 35 heavy (non-hydrogen) atoms. The number of nitrogens with one attached hydrogen (secondary N) is 1. The lowest BCUT2D eigenvalue weighted by Gasteiger charge is -2.10. The number of hydrogen-bond acceptors (Lipinski definition) is 8. The number of carbonyl (C=O) groups excluding carboxylic acids is 3. The average Bonchev–Trinajstić information content (AvgIpc) is 3.21. The van der Waals surface area contributed by atoms with Gasteiger partial charge in [0.25, 0.3) is 5.19 Å². The van der Waals surface area contributed by atoms with E-state index >= 15 is 0 Å². The zero-order valence-corrected chi connectivity index (χ0v) is 21.1. The summed E-state index contributed by atoms with van der Waals surface area (Å²) in [5.41, 5.74) is 1.37. The summed E-state index contributed by atoms with van der Waals surface area (Å²) in [5, 5.41) is 3.09. The fourth-order valence-electron chi connectivity index (χ4n) is 3.28. The van der Waals surface area contributed by atoms with Crippen LogP contribution in [0.5, 0.6) is 16.7 Å². The van der Waals surface area contributed by atoms with E-state index in [4.69, 9.17) is 9.47 Å². The number of rotatable bonds is 12. The first-order valence-corrected chi connectivity index (χ1v) is 12.0. The molecule has 0 atom stereocenters. The van der Waals surface area contributed by atoms with Gasteiger partial charge in [0.2, 0.25) is 5.91 Å². The van der Waals surface area contributed by atoms with Crippen LogP contribution in [0.3, 0.4) is 0 Å². The Bertz CT molecular complexity index is 1170. The molecule has 0 unspecified atom stereocenters. The highest BCUT2D eigenvalue weighted by molar-refractivity contribution is 7.13. The summed E-state index contributed by atoms with van der Waals surface area (Å²) in [7, 11) is 5.21. The van der Waals surface area contributed by atoms with Crippen molar-refractivity contribution in [2.45, 2.75) is 26.2 Å². The van der Waals surface area contributed by atoms with Crippen LogP contribution in [0.25, 0.3) is 0 Å². The van der Waals surface area contributed by atoms with Gasteiger partial charge < -0.3 is 19.7 Å². The molecular weight excluding hydrogens is 466 g/mol. The summed E-state index contributed by atoms with van der Waals surface area (Å²) in [4.78, 5) is 44.3. The molecule has 3 aromatic rings. The Hall–Kier alpha value is -3.56. The van der Waals surface area contributed by atoms with Gasteiger partial charge in [0.05, 0.1) is 13.7 Å². The van der Waals surface area contributed by atoms with E-state index in [9.17, 15) is 14.4 Å². The quantitative estimate of drug-likeness (QED) is 0.359. The molecule has 0 bridgehead atoms. The largest absolute Gasteiger partial charge is 0.497 e. The van der Waals surface area contributed by atoms with Crippen LogP contribution in [0.1, 0.15) is 45.5 Å². The van der Waals surface area contributed by atoms with Gasteiger partial charge in [-0.2, -0.15) is 4.98 Å². The van der Waals surface area contributed by atoms with Crippen molar-refractivity contribution in [3.8, 4) is 16.7 Å². The monoisotopic (exact) mass is 495 g/mol. The molecule has 1 heterocycles. The maximum Gasteiger partial charge on any atom is 0.279 e. The molecule has 1 aromatic heterocycles. The lowest BCUT2D eigenvalue weighted by Crippen LogP contribution is -2.27. The number of hydrogen-bond donors (Lipinski definition) is 1. The van der Waals surface area contributed by atoms with Crippen LogP contribution >= 0.6 is 11.3 Å². The van der Waals surface area contributed by atoms with E-state index in [-0.39, 0.29) is 36.1 Å². The number of amides is 1. The minimum atomic E-state index is -0.152. The normalized spacial score (nSPS) is 10.8. The van der Waals surface area contributed by atoms with E-state index in [1.807, 2.05) is 21.0 Å². The van der Waals surface area contributed by atoms with Crippen molar-refractivity contribution in [1.82, 2.24) is 9.88 Å². The summed E-state index contributed by atoms with van der Waals surface area (Å²) in [6.45, 7) is 2.18. The Labute approximate surface area is 208 Å². The molecule has 2 aromatic carbocycles. The number of Topliss-reactive ketones (excluding diaryl/α,β-unsaturated/α-hetero) is 2. The Morgan fingerprint density at radius 1 is 0.971 bits per heavy atom. The Balaban J connectivity index is 1.75. The zero-order valence-electron chi connectivity index (χ0n) is 20.3. The third-order valence-electron chi connectivity index (χ3n) is 4.96. The molecule has 3 rings (SSSR count). The molecule has 0 aliphatic carbocycles. The summed E-state index contributed by atoms with van der Waals surface area (Å²) in [5.74, 6) is 0.849. The first-order chi connectivity index (χ1) is 16.8. The number of carbonyl (C=O) groups is 3. The number of nitrogens with zero attached hydrogens (tertiary/aromatic N) is 2. The van der Waals surface area contributed by atoms with Crippen molar-refractivity contribution < 1.29 is 23.9 Å². The standard InChI is InChI=1S/C26H29N3O5S/c1-5-6-21(30)25-23(35-26(28-25)34-20-13-11-19(33-4)12-14-20)15-22(31)17-7-9-18(10-8-17)27-24(32)16-29(2)3/h7-14H,5-6,15-16H2,1-4H3,(H,27,32). The minimum Gasteiger partial charge on any atom is -0.497 e. The van der Waals surface area contributed by atoms with Crippen molar-refractivity contribution in [1.29, 1.82) is 0 Å². The highest BCUT2D eigenvalue weighted by atomic mass is 32.1. The SMILES string of the molecule is CCCC(=O)c1nc(Oc2ccc(OC)cc2)sc1CC(=O)c1ccc(NC(=O)CN(C)C)cc1. The molecule has 9 heteroatoms. The van der Waals surface area contributed by atoms with E-state index in [0.717, 1.165) is 0 Å². The second kappa shape index (κ2) is 12.2. The Morgan fingerprint density at radius 2 is 1.63 bits per heavy atom. The van der Waals surface area contributed by atoms with Crippen molar-refractivity contribution >= 4 is 34.5 Å². The summed E-state index contributed by atoms with van der Waals surface area (Å²) >= 11 is 1.19. The highest BCUT2D eigenvalue weighted by Crippen LogP contribution is 2.32. The number of ether oxygens (including phenoxy) is 2. The molecule has 0 saturated carbocycles. The van der Waals surface area contributed by atoms with Crippen LogP contribution in [-0.2, 0) is 11.2 Å². The maximum atomic E-state index is 13.0. The number of benzene rings is 2. The fraction of sp³-hybridized carbons (Fsp3) is 0.308. The van der Waals surface area contributed by atoms with Crippen LogP contribution < -0.4 is 14.8 Å². The number of ketones is 2. The number of aromatic nitrogens is 1. The minimum absolute atomic E-state index is 0.0285. The van der Waals surface area contributed by atoms with Crippen molar-refractivity contribution in [3.05, 3.63) is 64.7 Å². The molecular formula is C26H29N3O5S. The van der Waals surface area contributed by atoms with E-state index in [2.05, 4.69) is 10.3 Å². The summed E-state index contributed by atoms with van der Waals surface area (Å²) in [6.07, 6.45) is 1.05. The molecule has 0 fully saturated rings. The van der Waals surface area contributed by atoms with Crippen LogP contribution in [0.2, 0.25) is 0 Å². The van der Waals surface area contributed by atoms with Gasteiger partial charge in [-0.1, -0.05) is 18.3 Å². The van der Waals surface area contributed by atoms with Gasteiger partial charge in [0.1, 0.15) is 17.2 Å². The summed E-state index contributed by atoms with van der Waals surface area (Å²) < 4.78 is 11.0. The highest BCUT2D eigenvalue weighted by Gasteiger charge is 2.21. The van der Waals surface area contributed by atoms with Gasteiger partial charge in [-0.15, -0.1) is 0 Å². The topological polar surface area (TPSA) is 97.8 Å². The van der Waals surface area contributed by atoms with E-state index in [0.29, 0.717) is 45.7 Å². The Kier molecular flexibility index (Phi) is 9.11. The average molecular weight is 496 g/mol. The van der Waals surface area contributed by atoms with E-state index < -0.39 is 0 Å². The molecule has 184 valence electrons. The number of likely N-dealkylation sites (N-methyl/N-ethyl adjacent to an activating group) is 1. The molecule has 8 nitrogen and oxygen atoms in total. The molecule has 0 aliphatic heterocycles. The predicted octanol–water partition coefficient (Wildman–Crippen LogP) is 4.85. The van der Waals surface area contributed by atoms with Crippen molar-refractivity contribution in [3.63, 3.8) is 0 Å². The van der Waals surface area contributed by atoms with E-state index in [1.165, 1.54) is 11.3 Å². The first kappa shape index (κ1) is 26.1. The first-order valence-electron chi connectivity index (χ1n) is 11.2. The zero-order chi connectivity index (χ0) is 25.4. The fourth-order valence-corrected chi connectivity index (χ4v) is 4.22. The van der Waals surface area contributed by atoms with Crippen LogP contribution in [0, 0.1) is 0 Å². The Morgan fingerprint density at radius 3 is 2.23 bits per heavy atom. The second-order valence-electron chi connectivity index (χ2n) is 8.17. The molecule has 0 saturated heterocycles. The van der Waals surface area contributed by atoms with E-state index in [1.54, 1.807) is 60.5 Å². The van der Waals surface area contributed by atoms with Gasteiger partial charge >= 0.3 is 0 Å². The van der Waals surface area contributed by atoms with Crippen LogP contribution in [-0.4, -0.2) is 55.1 Å². The van der Waals surface area contributed by atoms with Gasteiger partial charge in [-0.05, 0) is 69.0 Å². The number of anilines is 1.